The van der Waals surface area contributed by atoms with Crippen molar-refractivity contribution in [2.24, 2.45) is 0 Å². The molecule has 2 aliphatic heterocycles. The number of methoxy groups -OCH3 is 1. The predicted octanol–water partition coefficient (Wildman–Crippen LogP) is 1.70. The molecule has 0 bridgehead atoms. The minimum atomic E-state index is -1.02. The molecule has 1 N–H and O–H groups in total. The third-order valence-electron chi connectivity index (χ3n) is 4.75. The van der Waals surface area contributed by atoms with Gasteiger partial charge in [-0.15, -0.1) is 0 Å². The molecule has 1 saturated heterocycles. The maximum Gasteiger partial charge on any atom is 0.260 e. The van der Waals surface area contributed by atoms with Crippen LogP contribution in [0.25, 0.3) is 0 Å². The van der Waals surface area contributed by atoms with Crippen LogP contribution < -0.4 is 9.80 Å². The van der Waals surface area contributed by atoms with Crippen molar-refractivity contribution < 1.29 is 14.6 Å². The molecule has 1 aromatic carbocycles. The Hall–Kier alpha value is -1.59. The lowest BCUT2D eigenvalue weighted by molar-refractivity contribution is -0.125. The Kier molecular flexibility index (Phi) is 3.42. The standard InChI is InChI=1S/C16H22N2O3/c1-16(21-3)7-4-8-18(10-16)11-5-6-12-13(9-11)17(2)15(20)14(12)19/h5-6,9,14,19H,4,7-8,10H2,1-3H3. The van der Waals surface area contributed by atoms with Crippen molar-refractivity contribution in [1.29, 1.82) is 0 Å². The maximum absolute atomic E-state index is 11.8. The van der Waals surface area contributed by atoms with E-state index in [-0.39, 0.29) is 11.5 Å². The van der Waals surface area contributed by atoms with Crippen LogP contribution in [0.5, 0.6) is 0 Å². The van der Waals surface area contributed by atoms with Gasteiger partial charge in [0.2, 0.25) is 0 Å². The Labute approximate surface area is 125 Å². The van der Waals surface area contributed by atoms with Gasteiger partial charge in [0.25, 0.3) is 5.91 Å². The number of aliphatic hydroxyl groups is 1. The van der Waals surface area contributed by atoms with Crippen molar-refractivity contribution in [1.82, 2.24) is 0 Å². The third-order valence-corrected chi connectivity index (χ3v) is 4.75. The summed E-state index contributed by atoms with van der Waals surface area (Å²) in [6.45, 7) is 3.95. The topological polar surface area (TPSA) is 53.0 Å². The first-order chi connectivity index (χ1) is 9.95. The van der Waals surface area contributed by atoms with E-state index < -0.39 is 6.10 Å². The first-order valence-corrected chi connectivity index (χ1v) is 7.35. The van der Waals surface area contributed by atoms with Gasteiger partial charge in [-0.1, -0.05) is 6.07 Å². The second kappa shape index (κ2) is 5.00. The van der Waals surface area contributed by atoms with E-state index in [9.17, 15) is 9.90 Å². The van der Waals surface area contributed by atoms with Gasteiger partial charge in [-0.05, 0) is 31.9 Å². The fraction of sp³-hybridized carbons (Fsp3) is 0.562. The van der Waals surface area contributed by atoms with Crippen molar-refractivity contribution in [3.63, 3.8) is 0 Å². The van der Waals surface area contributed by atoms with Gasteiger partial charge in [0.05, 0.1) is 11.3 Å². The highest BCUT2D eigenvalue weighted by Gasteiger charge is 2.35. The van der Waals surface area contributed by atoms with Gasteiger partial charge >= 0.3 is 0 Å². The molecular formula is C16H22N2O3. The van der Waals surface area contributed by atoms with Crippen LogP contribution in [0.15, 0.2) is 18.2 Å². The molecule has 1 aromatic rings. The highest BCUT2D eigenvalue weighted by molar-refractivity contribution is 6.03. The van der Waals surface area contributed by atoms with E-state index in [1.54, 1.807) is 14.2 Å². The summed E-state index contributed by atoms with van der Waals surface area (Å²) in [5, 5.41) is 9.92. The molecule has 0 saturated carbocycles. The van der Waals surface area contributed by atoms with Gasteiger partial charge in [0.1, 0.15) is 0 Å². The fourth-order valence-electron chi connectivity index (χ4n) is 3.28. The number of hydrogen-bond acceptors (Lipinski definition) is 4. The zero-order valence-corrected chi connectivity index (χ0v) is 12.8. The number of rotatable bonds is 2. The molecule has 2 aliphatic rings. The van der Waals surface area contributed by atoms with Gasteiger partial charge in [0, 0.05) is 38.5 Å². The monoisotopic (exact) mass is 290 g/mol. The maximum atomic E-state index is 11.8. The first kappa shape index (κ1) is 14.4. The van der Waals surface area contributed by atoms with Crippen molar-refractivity contribution in [2.75, 3.05) is 37.0 Å². The fourth-order valence-corrected chi connectivity index (χ4v) is 3.28. The molecule has 5 heteroatoms. The molecule has 0 aromatic heterocycles. The molecule has 3 rings (SSSR count). The van der Waals surface area contributed by atoms with Crippen LogP contribution in [0, 0.1) is 0 Å². The van der Waals surface area contributed by atoms with E-state index in [4.69, 9.17) is 4.74 Å². The second-order valence-electron chi connectivity index (χ2n) is 6.22. The zero-order chi connectivity index (χ0) is 15.2. The number of aliphatic hydroxyl groups excluding tert-OH is 1. The number of hydrogen-bond donors (Lipinski definition) is 1. The zero-order valence-electron chi connectivity index (χ0n) is 12.8. The number of anilines is 2. The van der Waals surface area contributed by atoms with E-state index in [1.807, 2.05) is 18.2 Å². The summed E-state index contributed by atoms with van der Waals surface area (Å²) in [5.41, 5.74) is 2.44. The minimum Gasteiger partial charge on any atom is -0.378 e. The molecule has 5 nitrogen and oxygen atoms in total. The van der Waals surface area contributed by atoms with Crippen LogP contribution >= 0.6 is 0 Å². The highest BCUT2D eigenvalue weighted by Crippen LogP contribution is 2.38. The van der Waals surface area contributed by atoms with E-state index in [0.717, 1.165) is 37.3 Å². The number of amides is 1. The van der Waals surface area contributed by atoms with Crippen LogP contribution in [0.4, 0.5) is 11.4 Å². The number of carbonyl (C=O) groups is 1. The van der Waals surface area contributed by atoms with Crippen molar-refractivity contribution in [2.45, 2.75) is 31.5 Å². The number of piperidine rings is 1. The van der Waals surface area contributed by atoms with Crippen LogP contribution in [-0.2, 0) is 9.53 Å². The number of carbonyl (C=O) groups excluding carboxylic acids is 1. The number of benzene rings is 1. The van der Waals surface area contributed by atoms with Gasteiger partial charge in [-0.25, -0.2) is 0 Å². The summed E-state index contributed by atoms with van der Waals surface area (Å²) in [6.07, 6.45) is 1.12. The Morgan fingerprint density at radius 1 is 1.43 bits per heavy atom. The van der Waals surface area contributed by atoms with Gasteiger partial charge in [-0.2, -0.15) is 0 Å². The van der Waals surface area contributed by atoms with Crippen molar-refractivity contribution >= 4 is 17.3 Å². The molecule has 114 valence electrons. The highest BCUT2D eigenvalue weighted by atomic mass is 16.5. The Bertz CT molecular complexity index is 575. The Balaban J connectivity index is 1.90. The average Bonchev–Trinajstić information content (AvgIpc) is 2.72. The molecule has 2 atom stereocenters. The molecule has 2 unspecified atom stereocenters. The average molecular weight is 290 g/mol. The number of nitrogens with zero attached hydrogens (tertiary/aromatic N) is 2. The molecule has 0 aliphatic carbocycles. The summed E-state index contributed by atoms with van der Waals surface area (Å²) in [6, 6.07) is 5.83. The first-order valence-electron chi connectivity index (χ1n) is 7.35. The summed E-state index contributed by atoms with van der Waals surface area (Å²) < 4.78 is 5.63. The smallest absolute Gasteiger partial charge is 0.260 e. The third kappa shape index (κ3) is 2.30. The molecule has 2 heterocycles. The molecule has 0 spiro atoms. The number of likely N-dealkylation sites (N-methyl/N-ethyl adjacent to an activating group) is 1. The van der Waals surface area contributed by atoms with Crippen LogP contribution in [0.2, 0.25) is 0 Å². The van der Waals surface area contributed by atoms with E-state index >= 15 is 0 Å². The lowest BCUT2D eigenvalue weighted by Crippen LogP contribution is -2.47. The lowest BCUT2D eigenvalue weighted by atomic mass is 9.94. The van der Waals surface area contributed by atoms with E-state index in [2.05, 4.69) is 11.8 Å². The largest absolute Gasteiger partial charge is 0.378 e. The molecule has 21 heavy (non-hydrogen) atoms. The van der Waals surface area contributed by atoms with Crippen LogP contribution in [0.1, 0.15) is 31.4 Å². The van der Waals surface area contributed by atoms with Gasteiger partial charge < -0.3 is 19.6 Å². The Morgan fingerprint density at radius 2 is 2.19 bits per heavy atom. The SMILES string of the molecule is COC1(C)CCCN(c2ccc3c(c2)N(C)C(=O)C3O)C1. The van der Waals surface area contributed by atoms with Crippen LogP contribution in [0.3, 0.4) is 0 Å². The number of fused-ring (bicyclic) bond motifs is 1. The van der Waals surface area contributed by atoms with Crippen molar-refractivity contribution in [3.8, 4) is 0 Å². The molecule has 1 amide bonds. The van der Waals surface area contributed by atoms with E-state index in [1.165, 1.54) is 4.90 Å². The number of ether oxygens (including phenoxy) is 1. The second-order valence-corrected chi connectivity index (χ2v) is 6.22. The summed E-state index contributed by atoms with van der Waals surface area (Å²) in [7, 11) is 3.46. The van der Waals surface area contributed by atoms with Crippen molar-refractivity contribution in [3.05, 3.63) is 23.8 Å². The summed E-state index contributed by atoms with van der Waals surface area (Å²) in [5.74, 6) is -0.262. The molecule has 0 radical (unpaired) electrons. The minimum absolute atomic E-state index is 0.126. The molecular weight excluding hydrogens is 268 g/mol. The predicted molar refractivity (Wildman–Crippen MR) is 81.7 cm³/mol. The summed E-state index contributed by atoms with van der Waals surface area (Å²) >= 11 is 0. The quantitative estimate of drug-likeness (QED) is 0.901. The van der Waals surface area contributed by atoms with Gasteiger partial charge in [0.15, 0.2) is 6.10 Å². The van der Waals surface area contributed by atoms with Crippen LogP contribution in [-0.4, -0.2) is 43.9 Å². The normalized spacial score (nSPS) is 29.0. The van der Waals surface area contributed by atoms with Gasteiger partial charge in [-0.3, -0.25) is 4.79 Å². The molecule has 1 fully saturated rings. The summed E-state index contributed by atoms with van der Waals surface area (Å²) in [4.78, 5) is 15.7. The lowest BCUT2D eigenvalue weighted by Gasteiger charge is -2.40. The Morgan fingerprint density at radius 3 is 2.90 bits per heavy atom. The van der Waals surface area contributed by atoms with E-state index in [0.29, 0.717) is 5.56 Å².